The smallest absolute Gasteiger partial charge is 0.138 e. The minimum absolute atomic E-state index is 0.0845. The Bertz CT molecular complexity index is 531. The maximum absolute atomic E-state index is 13.0. The minimum Gasteiger partial charge on any atom is -0.496 e. The first kappa shape index (κ1) is 11.7. The summed E-state index contributed by atoms with van der Waals surface area (Å²) in [4.78, 5) is 0. The Morgan fingerprint density at radius 1 is 1.35 bits per heavy atom. The summed E-state index contributed by atoms with van der Waals surface area (Å²) in [5.74, 6) is 1.25. The van der Waals surface area contributed by atoms with E-state index in [0.717, 1.165) is 0 Å². The molecule has 17 heavy (non-hydrogen) atoms. The highest BCUT2D eigenvalue weighted by Crippen LogP contribution is 2.33. The number of hydrogen-bond acceptors (Lipinski definition) is 3. The molecule has 2 rings (SSSR count). The summed E-state index contributed by atoms with van der Waals surface area (Å²) in [5, 5.41) is 9.10. The predicted molar refractivity (Wildman–Crippen MR) is 61.3 cm³/mol. The van der Waals surface area contributed by atoms with E-state index in [2.05, 4.69) is 0 Å². The fourth-order valence-corrected chi connectivity index (χ4v) is 1.68. The molecule has 0 spiro atoms. The van der Waals surface area contributed by atoms with E-state index in [1.807, 2.05) is 0 Å². The van der Waals surface area contributed by atoms with Gasteiger partial charge >= 0.3 is 0 Å². The number of aliphatic hydroxyl groups is 1. The SMILES string of the molecule is COc1cc(F)ccc1-c1cc(CO)c(C)o1. The second-order valence-corrected chi connectivity index (χ2v) is 3.69. The van der Waals surface area contributed by atoms with Gasteiger partial charge in [0.05, 0.1) is 19.3 Å². The number of aliphatic hydroxyl groups excluding tert-OH is 1. The average Bonchev–Trinajstić information content (AvgIpc) is 2.70. The number of methoxy groups -OCH3 is 1. The van der Waals surface area contributed by atoms with E-state index in [4.69, 9.17) is 14.3 Å². The average molecular weight is 236 g/mol. The van der Waals surface area contributed by atoms with Crippen LogP contribution in [0.5, 0.6) is 5.75 Å². The van der Waals surface area contributed by atoms with E-state index in [1.165, 1.54) is 19.2 Å². The molecule has 0 saturated carbocycles. The van der Waals surface area contributed by atoms with Crippen molar-refractivity contribution in [2.45, 2.75) is 13.5 Å². The molecular weight excluding hydrogens is 223 g/mol. The van der Waals surface area contributed by atoms with Gasteiger partial charge in [-0.1, -0.05) is 0 Å². The Kier molecular flexibility index (Phi) is 3.15. The number of halogens is 1. The molecule has 0 bridgehead atoms. The van der Waals surface area contributed by atoms with Crippen LogP contribution in [0.1, 0.15) is 11.3 Å². The Balaban J connectivity index is 2.51. The van der Waals surface area contributed by atoms with Crippen molar-refractivity contribution >= 4 is 0 Å². The molecule has 1 aromatic heterocycles. The Labute approximate surface area is 98.5 Å². The van der Waals surface area contributed by atoms with Gasteiger partial charge in [-0.2, -0.15) is 0 Å². The van der Waals surface area contributed by atoms with Gasteiger partial charge in [-0.25, -0.2) is 4.39 Å². The van der Waals surface area contributed by atoms with Crippen molar-refractivity contribution in [1.82, 2.24) is 0 Å². The molecule has 0 aliphatic rings. The zero-order chi connectivity index (χ0) is 12.4. The van der Waals surface area contributed by atoms with Gasteiger partial charge in [0.2, 0.25) is 0 Å². The molecule has 4 heteroatoms. The van der Waals surface area contributed by atoms with Crippen LogP contribution >= 0.6 is 0 Å². The Morgan fingerprint density at radius 2 is 2.12 bits per heavy atom. The van der Waals surface area contributed by atoms with Crippen LogP contribution in [0, 0.1) is 12.7 Å². The molecule has 2 aromatic rings. The molecule has 0 aliphatic heterocycles. The third-order valence-corrected chi connectivity index (χ3v) is 2.62. The maximum atomic E-state index is 13.0. The fourth-order valence-electron chi connectivity index (χ4n) is 1.68. The van der Waals surface area contributed by atoms with Crippen molar-refractivity contribution in [2.24, 2.45) is 0 Å². The lowest BCUT2D eigenvalue weighted by Crippen LogP contribution is -1.88. The quantitative estimate of drug-likeness (QED) is 0.891. The number of hydrogen-bond donors (Lipinski definition) is 1. The Morgan fingerprint density at radius 3 is 2.71 bits per heavy atom. The molecule has 90 valence electrons. The van der Waals surface area contributed by atoms with Gasteiger partial charge in [0.25, 0.3) is 0 Å². The molecule has 0 radical (unpaired) electrons. The lowest BCUT2D eigenvalue weighted by Gasteiger charge is -2.05. The minimum atomic E-state index is -0.365. The summed E-state index contributed by atoms with van der Waals surface area (Å²) in [6.07, 6.45) is 0. The maximum Gasteiger partial charge on any atom is 0.138 e. The highest BCUT2D eigenvalue weighted by atomic mass is 19.1. The van der Waals surface area contributed by atoms with E-state index in [1.54, 1.807) is 19.1 Å². The van der Waals surface area contributed by atoms with Gasteiger partial charge in [-0.15, -0.1) is 0 Å². The Hall–Kier alpha value is -1.81. The monoisotopic (exact) mass is 236 g/mol. The standard InChI is InChI=1S/C13H13FO3/c1-8-9(7-15)5-13(17-8)11-4-3-10(14)6-12(11)16-2/h3-6,15H,7H2,1-2H3. The number of aryl methyl sites for hydroxylation is 1. The van der Waals surface area contributed by atoms with E-state index >= 15 is 0 Å². The summed E-state index contributed by atoms with van der Waals surface area (Å²) >= 11 is 0. The van der Waals surface area contributed by atoms with Gasteiger partial charge < -0.3 is 14.3 Å². The zero-order valence-electron chi connectivity index (χ0n) is 9.66. The van der Waals surface area contributed by atoms with Crippen molar-refractivity contribution in [1.29, 1.82) is 0 Å². The number of benzene rings is 1. The second-order valence-electron chi connectivity index (χ2n) is 3.69. The van der Waals surface area contributed by atoms with Gasteiger partial charge in [0, 0.05) is 11.6 Å². The molecule has 1 N–H and O–H groups in total. The van der Waals surface area contributed by atoms with Crippen LogP contribution in [0.25, 0.3) is 11.3 Å². The highest BCUT2D eigenvalue weighted by molar-refractivity contribution is 5.66. The lowest BCUT2D eigenvalue weighted by molar-refractivity contribution is 0.279. The summed E-state index contributed by atoms with van der Waals surface area (Å²) in [5.41, 5.74) is 1.38. The molecule has 0 fully saturated rings. The van der Waals surface area contributed by atoms with Crippen LogP contribution in [-0.4, -0.2) is 12.2 Å². The molecule has 0 saturated heterocycles. The first-order chi connectivity index (χ1) is 8.15. The lowest BCUT2D eigenvalue weighted by atomic mass is 10.1. The van der Waals surface area contributed by atoms with Gasteiger partial charge in [0.15, 0.2) is 0 Å². The normalized spacial score (nSPS) is 10.6. The topological polar surface area (TPSA) is 42.6 Å². The van der Waals surface area contributed by atoms with Crippen LogP contribution in [-0.2, 0) is 6.61 Å². The third kappa shape index (κ3) is 2.17. The highest BCUT2D eigenvalue weighted by Gasteiger charge is 2.13. The first-order valence-corrected chi connectivity index (χ1v) is 5.19. The number of furan rings is 1. The third-order valence-electron chi connectivity index (χ3n) is 2.62. The van der Waals surface area contributed by atoms with Crippen LogP contribution in [0.15, 0.2) is 28.7 Å². The largest absolute Gasteiger partial charge is 0.496 e. The van der Waals surface area contributed by atoms with Crippen LogP contribution in [0.3, 0.4) is 0 Å². The molecule has 1 heterocycles. The van der Waals surface area contributed by atoms with E-state index in [0.29, 0.717) is 28.4 Å². The van der Waals surface area contributed by atoms with E-state index < -0.39 is 0 Å². The summed E-state index contributed by atoms with van der Waals surface area (Å²) < 4.78 is 23.7. The van der Waals surface area contributed by atoms with Gasteiger partial charge in [-0.3, -0.25) is 0 Å². The number of rotatable bonds is 3. The van der Waals surface area contributed by atoms with Crippen LogP contribution in [0.2, 0.25) is 0 Å². The molecule has 0 unspecified atom stereocenters. The van der Waals surface area contributed by atoms with Crippen molar-refractivity contribution in [3.05, 3.63) is 41.4 Å². The molecule has 0 amide bonds. The summed E-state index contributed by atoms with van der Waals surface area (Å²) in [6.45, 7) is 1.68. The molecular formula is C13H13FO3. The molecule has 1 aromatic carbocycles. The summed E-state index contributed by atoms with van der Waals surface area (Å²) in [6, 6.07) is 5.96. The molecule has 0 atom stereocenters. The van der Waals surface area contributed by atoms with Gasteiger partial charge in [-0.05, 0) is 25.1 Å². The fraction of sp³-hybridized carbons (Fsp3) is 0.231. The van der Waals surface area contributed by atoms with Crippen molar-refractivity contribution in [2.75, 3.05) is 7.11 Å². The van der Waals surface area contributed by atoms with Crippen molar-refractivity contribution in [3.8, 4) is 17.1 Å². The number of ether oxygens (including phenoxy) is 1. The van der Waals surface area contributed by atoms with Crippen molar-refractivity contribution in [3.63, 3.8) is 0 Å². The second kappa shape index (κ2) is 4.59. The zero-order valence-corrected chi connectivity index (χ0v) is 9.66. The molecule has 3 nitrogen and oxygen atoms in total. The van der Waals surface area contributed by atoms with Crippen LogP contribution in [0.4, 0.5) is 4.39 Å². The molecule has 0 aliphatic carbocycles. The first-order valence-electron chi connectivity index (χ1n) is 5.19. The van der Waals surface area contributed by atoms with E-state index in [-0.39, 0.29) is 12.4 Å². The van der Waals surface area contributed by atoms with E-state index in [9.17, 15) is 4.39 Å². The van der Waals surface area contributed by atoms with Gasteiger partial charge in [0.1, 0.15) is 23.1 Å². The van der Waals surface area contributed by atoms with Crippen molar-refractivity contribution < 1.29 is 18.7 Å². The summed E-state index contributed by atoms with van der Waals surface area (Å²) in [7, 11) is 1.47. The van der Waals surface area contributed by atoms with Crippen LogP contribution < -0.4 is 4.74 Å². The predicted octanol–water partition coefficient (Wildman–Crippen LogP) is 2.90.